The van der Waals surface area contributed by atoms with Crippen molar-refractivity contribution < 1.29 is 27.4 Å². The Kier molecular flexibility index (Phi) is 122. The van der Waals surface area contributed by atoms with E-state index in [1.165, 1.54) is 11.1 Å². The summed E-state index contributed by atoms with van der Waals surface area (Å²) in [5.41, 5.74) is 2.33. The van der Waals surface area contributed by atoms with Crippen LogP contribution in [0.3, 0.4) is 0 Å². The van der Waals surface area contributed by atoms with Gasteiger partial charge in [0.2, 0.25) is 0 Å². The van der Waals surface area contributed by atoms with Gasteiger partial charge in [-0.2, -0.15) is 0 Å². The van der Waals surface area contributed by atoms with Crippen LogP contribution in [0.4, 0.5) is 0 Å². The van der Waals surface area contributed by atoms with Gasteiger partial charge in [-0.3, -0.25) is 0 Å². The van der Waals surface area contributed by atoms with Gasteiger partial charge in [0, 0.05) is 0 Å². The first kappa shape index (κ1) is 36.1. The van der Waals surface area contributed by atoms with E-state index in [1.54, 1.807) is 0 Å². The molecule has 0 amide bonds. The molecule has 0 rings (SSSR count). The number of allylic oxidation sites excluding steroid dienone is 2. The predicted octanol–water partition coefficient (Wildman–Crippen LogP) is 5.75. The molecule has 0 spiro atoms. The summed E-state index contributed by atoms with van der Waals surface area (Å²) in [4.78, 5) is 0. The van der Waals surface area contributed by atoms with Crippen LogP contribution < -0.4 is 0 Å². The number of rotatable bonds is 0. The molecule has 0 nitrogen and oxygen atoms in total. The molecular formula is C10H22Br2Ni2-2. The molecule has 0 aromatic heterocycles. The third-order valence-corrected chi connectivity index (χ3v) is 0. The monoisotopic (exact) mass is 416 g/mol. The van der Waals surface area contributed by atoms with Gasteiger partial charge in [0.25, 0.3) is 0 Å². The molecule has 0 saturated heterocycles. The van der Waals surface area contributed by atoms with Crippen molar-refractivity contribution in [2.75, 3.05) is 0 Å². The molecule has 0 unspecified atom stereocenters. The molecule has 0 aliphatic heterocycles. The second-order valence-electron chi connectivity index (χ2n) is 2.41. The molecule has 98 valence electrons. The summed E-state index contributed by atoms with van der Waals surface area (Å²) in [5.74, 6) is 0. The minimum atomic E-state index is 0. The molecule has 0 radical (unpaired) electrons. The Balaban J connectivity index is -0.0000000153. The van der Waals surface area contributed by atoms with Gasteiger partial charge in [0.15, 0.2) is 0 Å². The van der Waals surface area contributed by atoms with E-state index in [-0.39, 0.29) is 14.9 Å². The zero-order valence-corrected chi connectivity index (χ0v) is 14.9. The first-order valence-corrected chi connectivity index (χ1v) is 7.83. The molecule has 0 N–H and O–H groups in total. The van der Waals surface area contributed by atoms with E-state index in [9.17, 15) is 0 Å². The van der Waals surface area contributed by atoms with Gasteiger partial charge in [-0.15, -0.1) is 13.2 Å². The van der Waals surface area contributed by atoms with Gasteiger partial charge >= 0.3 is 55.8 Å². The first-order valence-electron chi connectivity index (χ1n) is 2.95. The molecule has 0 atom stereocenters. The fraction of sp³-hybridized carbons (Fsp3) is 0.400. The second kappa shape index (κ2) is 47.2. The van der Waals surface area contributed by atoms with Gasteiger partial charge in [0.05, 0.1) is 0 Å². The van der Waals surface area contributed by atoms with Crippen LogP contribution in [0.5, 0.6) is 0 Å². The third kappa shape index (κ3) is 1020. The number of hydrogen-bond donors (Lipinski definition) is 0. The Morgan fingerprint density at radius 2 is 0.714 bits per heavy atom. The molecule has 0 saturated carbocycles. The van der Waals surface area contributed by atoms with Crippen LogP contribution in [-0.4, -0.2) is 0 Å². The van der Waals surface area contributed by atoms with Gasteiger partial charge < -0.3 is 14.9 Å². The topological polar surface area (TPSA) is 0 Å². The SMILES string of the molecule is C=C(C)C.C=C(C)C.[CH3-].[CH3-].[Ni][Br].[Ni][Br]. The molecule has 0 fully saturated rings. The third-order valence-electron chi connectivity index (χ3n) is 0. The van der Waals surface area contributed by atoms with Crippen LogP contribution in [0.25, 0.3) is 0 Å². The molecule has 0 aliphatic rings. The van der Waals surface area contributed by atoms with E-state index in [0.29, 0.717) is 0 Å². The average Bonchev–Trinajstić information content (AvgIpc) is 1.93. The number of hydrogen-bond acceptors (Lipinski definition) is 0. The standard InChI is InChI=1S/2C4H8.2CH3.2BrH.2Ni/c2*1-4(2)3;;;;;;/h2*1H2,2-3H3;2*1H3;2*1H;;/q;;2*-1;;;2*+1/p-2. The van der Waals surface area contributed by atoms with Crippen LogP contribution >= 0.6 is 28.5 Å². The minimum absolute atomic E-state index is 0. The van der Waals surface area contributed by atoms with Crippen molar-refractivity contribution in [2.24, 2.45) is 0 Å². The van der Waals surface area contributed by atoms with Crippen molar-refractivity contribution in [1.82, 2.24) is 0 Å². The average molecular weight is 419 g/mol. The van der Waals surface area contributed by atoms with Crippen molar-refractivity contribution in [2.45, 2.75) is 27.7 Å². The quantitative estimate of drug-likeness (QED) is 0.266. The Labute approximate surface area is 122 Å². The molecule has 0 aliphatic carbocycles. The zero-order chi connectivity index (χ0) is 11.2. The summed E-state index contributed by atoms with van der Waals surface area (Å²) in [5, 5.41) is 0. The van der Waals surface area contributed by atoms with E-state index in [0.717, 1.165) is 0 Å². The van der Waals surface area contributed by atoms with E-state index in [2.05, 4.69) is 69.0 Å². The van der Waals surface area contributed by atoms with Crippen LogP contribution in [0, 0.1) is 14.9 Å². The van der Waals surface area contributed by atoms with Gasteiger partial charge in [-0.05, 0) is 27.7 Å². The Morgan fingerprint density at radius 1 is 0.714 bits per heavy atom. The van der Waals surface area contributed by atoms with Gasteiger partial charge in [0.1, 0.15) is 0 Å². The van der Waals surface area contributed by atoms with Crippen LogP contribution in [0.2, 0.25) is 0 Å². The molecular weight excluding hydrogens is 397 g/mol. The first-order chi connectivity index (χ1) is 5.46. The molecule has 0 bridgehead atoms. The predicted molar refractivity (Wildman–Crippen MR) is 71.7 cm³/mol. The Morgan fingerprint density at radius 3 is 0.714 bits per heavy atom. The summed E-state index contributed by atoms with van der Waals surface area (Å²) in [6.07, 6.45) is 0. The van der Waals surface area contributed by atoms with Crippen LogP contribution in [-0.2, 0) is 27.4 Å². The van der Waals surface area contributed by atoms with Crippen molar-refractivity contribution in [1.29, 1.82) is 0 Å². The van der Waals surface area contributed by atoms with Gasteiger partial charge in [-0.1, -0.05) is 11.1 Å². The Hall–Kier alpha value is 1.43. The van der Waals surface area contributed by atoms with E-state index < -0.39 is 0 Å². The van der Waals surface area contributed by atoms with Crippen LogP contribution in [0.1, 0.15) is 27.7 Å². The molecule has 0 aromatic carbocycles. The summed E-state index contributed by atoms with van der Waals surface area (Å²) in [6, 6.07) is 0. The van der Waals surface area contributed by atoms with Crippen molar-refractivity contribution in [3.05, 3.63) is 39.2 Å². The summed E-state index contributed by atoms with van der Waals surface area (Å²) in [7, 11) is 0. The molecule has 0 heterocycles. The van der Waals surface area contributed by atoms with Crippen molar-refractivity contribution in [3.8, 4) is 0 Å². The van der Waals surface area contributed by atoms with Crippen molar-refractivity contribution >= 4 is 28.5 Å². The van der Waals surface area contributed by atoms with Crippen molar-refractivity contribution in [3.63, 3.8) is 0 Å². The fourth-order valence-electron chi connectivity index (χ4n) is 0. The molecule has 4 heteroatoms. The van der Waals surface area contributed by atoms with Crippen LogP contribution in [0.15, 0.2) is 24.3 Å². The fourth-order valence-corrected chi connectivity index (χ4v) is 0. The summed E-state index contributed by atoms with van der Waals surface area (Å²) in [6.45, 7) is 15.0. The maximum atomic E-state index is 3.69. The summed E-state index contributed by atoms with van der Waals surface area (Å²) < 4.78 is 0. The van der Waals surface area contributed by atoms with E-state index in [4.69, 9.17) is 0 Å². The second-order valence-corrected chi connectivity index (χ2v) is 2.41. The maximum absolute atomic E-state index is 3.69. The molecule has 14 heavy (non-hydrogen) atoms. The van der Waals surface area contributed by atoms with E-state index in [1.807, 2.05) is 27.7 Å². The normalized spacial score (nSPS) is 4.71. The number of halogens is 2. The zero-order valence-electron chi connectivity index (χ0n) is 9.80. The summed E-state index contributed by atoms with van der Waals surface area (Å²) >= 11 is 12.5. The van der Waals surface area contributed by atoms with E-state index >= 15 is 0 Å². The van der Waals surface area contributed by atoms with Gasteiger partial charge in [-0.25, -0.2) is 0 Å². The Bertz CT molecular complexity index is 74.1. The molecule has 0 aromatic rings.